The summed E-state index contributed by atoms with van der Waals surface area (Å²) in [5.74, 6) is 0.959. The molecule has 2 aromatic carbocycles. The molecule has 1 aliphatic rings. The second-order valence-corrected chi connectivity index (χ2v) is 7.88. The highest BCUT2D eigenvalue weighted by Crippen LogP contribution is 2.24. The van der Waals surface area contributed by atoms with Crippen molar-refractivity contribution in [1.82, 2.24) is 9.88 Å². The van der Waals surface area contributed by atoms with E-state index in [2.05, 4.69) is 10.3 Å². The summed E-state index contributed by atoms with van der Waals surface area (Å²) in [4.78, 5) is 34.3. The average Bonchev–Trinajstić information content (AvgIpc) is 2.78. The molecule has 1 aliphatic heterocycles. The van der Waals surface area contributed by atoms with Crippen molar-refractivity contribution < 1.29 is 9.59 Å². The van der Waals surface area contributed by atoms with Crippen LogP contribution in [0, 0.1) is 5.92 Å². The number of likely N-dealkylation sites (tertiary alicyclic amines) is 1. The number of carbonyl (C=O) groups excluding carboxylic acids is 2. The van der Waals surface area contributed by atoms with Crippen molar-refractivity contribution in [3.05, 3.63) is 66.2 Å². The molecule has 3 aromatic rings. The first kappa shape index (κ1) is 19.9. The summed E-state index contributed by atoms with van der Waals surface area (Å²) in [6, 6.07) is 19.2. The Balaban J connectivity index is 1.48. The summed E-state index contributed by atoms with van der Waals surface area (Å²) < 4.78 is 0. The van der Waals surface area contributed by atoms with Gasteiger partial charge in [0.2, 0.25) is 5.91 Å². The average molecular weight is 402 g/mol. The van der Waals surface area contributed by atoms with Crippen molar-refractivity contribution in [2.45, 2.75) is 12.8 Å². The highest BCUT2D eigenvalue weighted by atomic mass is 16.2. The van der Waals surface area contributed by atoms with Crippen molar-refractivity contribution in [1.29, 1.82) is 0 Å². The highest BCUT2D eigenvalue weighted by Gasteiger charge is 2.29. The predicted octanol–water partition coefficient (Wildman–Crippen LogP) is 3.79. The number of piperidine rings is 1. The first-order chi connectivity index (χ1) is 14.5. The van der Waals surface area contributed by atoms with Crippen LogP contribution in [0.2, 0.25) is 0 Å². The van der Waals surface area contributed by atoms with Crippen molar-refractivity contribution >= 4 is 34.2 Å². The molecule has 0 aliphatic carbocycles. The molecule has 6 nitrogen and oxygen atoms in total. The summed E-state index contributed by atoms with van der Waals surface area (Å²) in [6.07, 6.45) is 1.57. The second-order valence-electron chi connectivity index (χ2n) is 7.88. The van der Waals surface area contributed by atoms with Crippen LogP contribution in [0.25, 0.3) is 10.8 Å². The van der Waals surface area contributed by atoms with Gasteiger partial charge in [-0.05, 0) is 41.8 Å². The molecule has 0 radical (unpaired) electrons. The minimum absolute atomic E-state index is 0.0166. The molecule has 0 bridgehead atoms. The van der Waals surface area contributed by atoms with Crippen LogP contribution in [0.15, 0.2) is 60.7 Å². The lowest BCUT2D eigenvalue weighted by Gasteiger charge is -2.32. The molecule has 6 heteroatoms. The Hall–Kier alpha value is -3.41. The first-order valence-electron chi connectivity index (χ1n) is 10.3. The zero-order chi connectivity index (χ0) is 21.1. The van der Waals surface area contributed by atoms with Crippen molar-refractivity contribution in [2.24, 2.45) is 5.92 Å². The molecule has 2 heterocycles. The molecule has 0 unspecified atom stereocenters. The molecule has 1 atom stereocenters. The van der Waals surface area contributed by atoms with E-state index in [0.29, 0.717) is 24.5 Å². The minimum Gasteiger partial charge on any atom is -0.363 e. The maximum Gasteiger partial charge on any atom is 0.254 e. The number of aromatic nitrogens is 1. The highest BCUT2D eigenvalue weighted by molar-refractivity contribution is 6.07. The number of fused-ring (bicyclic) bond motifs is 1. The smallest absolute Gasteiger partial charge is 0.254 e. The normalized spacial score (nSPS) is 16.3. The zero-order valence-electron chi connectivity index (χ0n) is 17.3. The predicted molar refractivity (Wildman–Crippen MR) is 120 cm³/mol. The molecule has 1 saturated heterocycles. The fourth-order valence-corrected chi connectivity index (χ4v) is 3.93. The van der Waals surface area contributed by atoms with Gasteiger partial charge in [0.15, 0.2) is 0 Å². The van der Waals surface area contributed by atoms with Gasteiger partial charge in [-0.3, -0.25) is 9.59 Å². The van der Waals surface area contributed by atoms with Crippen LogP contribution in [-0.4, -0.2) is 48.9 Å². The summed E-state index contributed by atoms with van der Waals surface area (Å²) in [6.45, 7) is 1.08. The molecule has 1 N–H and O–H groups in total. The topological polar surface area (TPSA) is 65.5 Å². The first-order valence-corrected chi connectivity index (χ1v) is 10.3. The van der Waals surface area contributed by atoms with E-state index in [1.165, 1.54) is 0 Å². The number of pyridine rings is 1. The van der Waals surface area contributed by atoms with Gasteiger partial charge in [0.1, 0.15) is 11.6 Å². The summed E-state index contributed by atoms with van der Waals surface area (Å²) >= 11 is 0. The van der Waals surface area contributed by atoms with Gasteiger partial charge < -0.3 is 15.1 Å². The SMILES string of the molecule is CN(C)c1cccc(NC(=O)[C@H]2CCCN(C(=O)c3cccc4ccccc34)C2)n1. The third kappa shape index (κ3) is 4.13. The Morgan fingerprint density at radius 2 is 1.80 bits per heavy atom. The lowest BCUT2D eigenvalue weighted by molar-refractivity contribution is -0.121. The van der Waals surface area contributed by atoms with Crippen LogP contribution in [0.1, 0.15) is 23.2 Å². The fraction of sp³-hybridized carbons (Fsp3) is 0.292. The van der Waals surface area contributed by atoms with Crippen LogP contribution in [0.3, 0.4) is 0 Å². The third-order valence-corrected chi connectivity index (χ3v) is 5.54. The number of rotatable bonds is 4. The quantitative estimate of drug-likeness (QED) is 0.721. The molecular formula is C24H26N4O2. The van der Waals surface area contributed by atoms with E-state index in [1.54, 1.807) is 11.0 Å². The van der Waals surface area contributed by atoms with Crippen LogP contribution in [0.5, 0.6) is 0 Å². The van der Waals surface area contributed by atoms with Crippen LogP contribution >= 0.6 is 0 Å². The number of hydrogen-bond donors (Lipinski definition) is 1. The Morgan fingerprint density at radius 1 is 1.03 bits per heavy atom. The van der Waals surface area contributed by atoms with E-state index in [9.17, 15) is 9.59 Å². The summed E-state index contributed by atoms with van der Waals surface area (Å²) in [5.41, 5.74) is 0.689. The molecule has 2 amide bonds. The number of amides is 2. The molecule has 4 rings (SSSR count). The standard InChI is InChI=1S/C24H26N4O2/c1-27(2)22-14-6-13-21(25-22)26-23(29)18-10-7-15-28(16-18)24(30)20-12-5-9-17-8-3-4-11-19(17)20/h3-6,8-9,11-14,18H,7,10,15-16H2,1-2H3,(H,25,26,29)/t18-/m0/s1. The molecular weight excluding hydrogens is 376 g/mol. The van der Waals surface area contributed by atoms with E-state index in [1.807, 2.05) is 73.6 Å². The fourth-order valence-electron chi connectivity index (χ4n) is 3.93. The summed E-state index contributed by atoms with van der Waals surface area (Å²) in [7, 11) is 3.82. The minimum atomic E-state index is -0.248. The number of anilines is 2. The number of hydrogen-bond acceptors (Lipinski definition) is 4. The van der Waals surface area contributed by atoms with Crippen molar-refractivity contribution in [2.75, 3.05) is 37.4 Å². The van der Waals surface area contributed by atoms with Gasteiger partial charge in [-0.1, -0.05) is 42.5 Å². The lowest BCUT2D eigenvalue weighted by Crippen LogP contribution is -2.43. The van der Waals surface area contributed by atoms with Crippen LogP contribution < -0.4 is 10.2 Å². The van der Waals surface area contributed by atoms with Gasteiger partial charge in [-0.2, -0.15) is 0 Å². The van der Waals surface area contributed by atoms with Gasteiger partial charge in [-0.25, -0.2) is 4.98 Å². The van der Waals surface area contributed by atoms with Gasteiger partial charge in [0.05, 0.1) is 5.92 Å². The largest absolute Gasteiger partial charge is 0.363 e. The van der Waals surface area contributed by atoms with Crippen LogP contribution in [-0.2, 0) is 4.79 Å². The molecule has 1 aromatic heterocycles. The number of nitrogens with one attached hydrogen (secondary N) is 1. The molecule has 0 spiro atoms. The summed E-state index contributed by atoms with van der Waals surface area (Å²) in [5, 5.41) is 4.91. The van der Waals surface area contributed by atoms with Gasteiger partial charge in [0.25, 0.3) is 5.91 Å². The molecule has 0 saturated carbocycles. The van der Waals surface area contributed by atoms with Crippen molar-refractivity contribution in [3.63, 3.8) is 0 Å². The van der Waals surface area contributed by atoms with Crippen molar-refractivity contribution in [3.8, 4) is 0 Å². The monoisotopic (exact) mass is 402 g/mol. The maximum atomic E-state index is 13.2. The lowest BCUT2D eigenvalue weighted by atomic mass is 9.95. The Labute approximate surface area is 176 Å². The van der Waals surface area contributed by atoms with E-state index >= 15 is 0 Å². The van der Waals surface area contributed by atoms with E-state index in [4.69, 9.17) is 0 Å². The molecule has 1 fully saturated rings. The second kappa shape index (κ2) is 8.53. The Morgan fingerprint density at radius 3 is 2.63 bits per heavy atom. The van der Waals surface area contributed by atoms with E-state index in [-0.39, 0.29) is 17.7 Å². The van der Waals surface area contributed by atoms with Gasteiger partial charge in [0, 0.05) is 32.7 Å². The Bertz CT molecular complexity index is 1070. The van der Waals surface area contributed by atoms with Gasteiger partial charge in [-0.15, -0.1) is 0 Å². The van der Waals surface area contributed by atoms with E-state index in [0.717, 1.165) is 29.4 Å². The third-order valence-electron chi connectivity index (χ3n) is 5.54. The number of benzene rings is 2. The van der Waals surface area contributed by atoms with E-state index < -0.39 is 0 Å². The number of carbonyl (C=O) groups is 2. The molecule has 30 heavy (non-hydrogen) atoms. The maximum absolute atomic E-state index is 13.2. The van der Waals surface area contributed by atoms with Gasteiger partial charge >= 0.3 is 0 Å². The zero-order valence-corrected chi connectivity index (χ0v) is 17.3. The number of nitrogens with zero attached hydrogens (tertiary/aromatic N) is 3. The molecule has 154 valence electrons. The van der Waals surface area contributed by atoms with Crippen LogP contribution in [0.4, 0.5) is 11.6 Å². The Kier molecular flexibility index (Phi) is 5.65.